The van der Waals surface area contributed by atoms with Crippen molar-refractivity contribution in [1.29, 1.82) is 0 Å². The minimum Gasteiger partial charge on any atom is -0.314 e. The van der Waals surface area contributed by atoms with Gasteiger partial charge >= 0.3 is 0 Å². The van der Waals surface area contributed by atoms with Crippen molar-refractivity contribution in [2.75, 3.05) is 7.05 Å². The number of rotatable bonds is 3. The van der Waals surface area contributed by atoms with Crippen molar-refractivity contribution in [1.82, 2.24) is 5.32 Å². The number of allylic oxidation sites excluding steroid dienone is 1. The zero-order chi connectivity index (χ0) is 9.68. The van der Waals surface area contributed by atoms with Gasteiger partial charge in [-0.25, -0.2) is 0 Å². The molecule has 1 rings (SSSR count). The average Bonchev–Trinajstić information content (AvgIpc) is 2.19. The topological polar surface area (TPSA) is 12.0 Å². The van der Waals surface area contributed by atoms with Gasteiger partial charge < -0.3 is 5.32 Å². The van der Waals surface area contributed by atoms with Crippen LogP contribution in [-0.4, -0.2) is 13.1 Å². The predicted octanol–water partition coefficient (Wildman–Crippen LogP) is 2.70. The molecule has 1 aromatic carbocycles. The number of hydrogen-bond donors (Lipinski definition) is 1. The zero-order valence-electron chi connectivity index (χ0n) is 8.54. The summed E-state index contributed by atoms with van der Waals surface area (Å²) in [4.78, 5) is 0. The first-order chi connectivity index (χ1) is 6.24. The van der Waals surface area contributed by atoms with Gasteiger partial charge in [-0.15, -0.1) is 0 Å². The first kappa shape index (κ1) is 10.0. The van der Waals surface area contributed by atoms with E-state index in [9.17, 15) is 0 Å². The summed E-state index contributed by atoms with van der Waals surface area (Å²) in [6, 6.07) is 10.9. The number of likely N-dealkylation sites (N-methyl/N-ethyl adjacent to an activating group) is 1. The quantitative estimate of drug-likeness (QED) is 0.744. The fourth-order valence-corrected chi connectivity index (χ4v) is 1.26. The third-order valence-corrected chi connectivity index (χ3v) is 2.18. The molecule has 0 saturated carbocycles. The largest absolute Gasteiger partial charge is 0.314 e. The molecule has 1 atom stereocenters. The molecule has 0 aliphatic heterocycles. The molecule has 1 heteroatoms. The second-order valence-electron chi connectivity index (χ2n) is 3.29. The Bertz CT molecular complexity index is 274. The lowest BCUT2D eigenvalue weighted by atomic mass is 10.1. The van der Waals surface area contributed by atoms with Gasteiger partial charge in [0.15, 0.2) is 0 Å². The first-order valence-corrected chi connectivity index (χ1v) is 4.65. The molecule has 1 N–H and O–H groups in total. The Balaban J connectivity index is 2.79. The molecular formula is C12H17N. The van der Waals surface area contributed by atoms with E-state index in [-0.39, 0.29) is 0 Å². The van der Waals surface area contributed by atoms with E-state index in [4.69, 9.17) is 0 Å². The monoisotopic (exact) mass is 175 g/mol. The molecule has 0 aromatic heterocycles. The van der Waals surface area contributed by atoms with Gasteiger partial charge in [0.25, 0.3) is 0 Å². The summed E-state index contributed by atoms with van der Waals surface area (Å²) < 4.78 is 0. The van der Waals surface area contributed by atoms with Gasteiger partial charge in [-0.3, -0.25) is 0 Å². The van der Waals surface area contributed by atoms with Crippen molar-refractivity contribution in [3.63, 3.8) is 0 Å². The Labute approximate surface area is 80.5 Å². The van der Waals surface area contributed by atoms with Crippen molar-refractivity contribution in [3.05, 3.63) is 42.0 Å². The normalized spacial score (nSPS) is 14.2. The molecule has 1 unspecified atom stereocenters. The van der Waals surface area contributed by atoms with Crippen LogP contribution in [0.15, 0.2) is 36.4 Å². The summed E-state index contributed by atoms with van der Waals surface area (Å²) in [6.45, 7) is 4.29. The van der Waals surface area contributed by atoms with Crippen LogP contribution in [0.2, 0.25) is 0 Å². The van der Waals surface area contributed by atoms with E-state index >= 15 is 0 Å². The minimum absolute atomic E-state index is 0.431. The molecular weight excluding hydrogens is 158 g/mol. The third-order valence-electron chi connectivity index (χ3n) is 2.18. The Kier molecular flexibility index (Phi) is 3.71. The van der Waals surface area contributed by atoms with E-state index in [0.717, 1.165) is 0 Å². The fourth-order valence-electron chi connectivity index (χ4n) is 1.26. The highest BCUT2D eigenvalue weighted by atomic mass is 14.8. The summed E-state index contributed by atoms with van der Waals surface area (Å²) in [5.74, 6) is 0. The predicted molar refractivity (Wildman–Crippen MR) is 58.6 cm³/mol. The molecule has 0 radical (unpaired) electrons. The lowest BCUT2D eigenvalue weighted by Gasteiger charge is -2.06. The third kappa shape index (κ3) is 3.03. The average molecular weight is 175 g/mol. The Hall–Kier alpha value is -1.08. The van der Waals surface area contributed by atoms with Crippen LogP contribution in [0.3, 0.4) is 0 Å². The Morgan fingerprint density at radius 1 is 1.31 bits per heavy atom. The molecule has 70 valence electrons. The summed E-state index contributed by atoms with van der Waals surface area (Å²) in [5, 5.41) is 3.19. The SMILES string of the molecule is CNC(C)/C=C(\C)c1ccccc1. The van der Waals surface area contributed by atoms with Crippen LogP contribution >= 0.6 is 0 Å². The smallest absolute Gasteiger partial charge is 0.0224 e. The van der Waals surface area contributed by atoms with Crippen LogP contribution < -0.4 is 5.32 Å². The van der Waals surface area contributed by atoms with Crippen LogP contribution in [0.4, 0.5) is 0 Å². The van der Waals surface area contributed by atoms with Crippen molar-refractivity contribution >= 4 is 5.57 Å². The highest BCUT2D eigenvalue weighted by molar-refractivity contribution is 5.63. The number of benzene rings is 1. The van der Waals surface area contributed by atoms with Crippen molar-refractivity contribution in [3.8, 4) is 0 Å². The maximum absolute atomic E-state index is 3.19. The van der Waals surface area contributed by atoms with Crippen LogP contribution in [0.25, 0.3) is 5.57 Å². The van der Waals surface area contributed by atoms with Crippen LogP contribution in [0.5, 0.6) is 0 Å². The fraction of sp³-hybridized carbons (Fsp3) is 0.333. The maximum Gasteiger partial charge on any atom is 0.0224 e. The van der Waals surface area contributed by atoms with Crippen LogP contribution in [0, 0.1) is 0 Å². The van der Waals surface area contributed by atoms with Gasteiger partial charge in [0.1, 0.15) is 0 Å². The molecule has 0 saturated heterocycles. The zero-order valence-corrected chi connectivity index (χ0v) is 8.54. The number of hydrogen-bond acceptors (Lipinski definition) is 1. The summed E-state index contributed by atoms with van der Waals surface area (Å²) in [5.41, 5.74) is 2.62. The van der Waals surface area contributed by atoms with Crippen LogP contribution in [-0.2, 0) is 0 Å². The molecule has 0 bridgehead atoms. The van der Waals surface area contributed by atoms with E-state index in [0.29, 0.717) is 6.04 Å². The molecule has 0 aliphatic carbocycles. The Morgan fingerprint density at radius 3 is 2.46 bits per heavy atom. The minimum atomic E-state index is 0.431. The standard InChI is InChI=1S/C12H17N/c1-10(9-11(2)13-3)12-7-5-4-6-8-12/h4-9,11,13H,1-3H3/b10-9+. The summed E-state index contributed by atoms with van der Waals surface area (Å²) >= 11 is 0. The molecule has 0 aliphatic rings. The summed E-state index contributed by atoms with van der Waals surface area (Å²) in [6.07, 6.45) is 2.23. The highest BCUT2D eigenvalue weighted by Crippen LogP contribution is 2.12. The lowest BCUT2D eigenvalue weighted by Crippen LogP contribution is -2.18. The van der Waals surface area contributed by atoms with Gasteiger partial charge in [0.2, 0.25) is 0 Å². The second-order valence-corrected chi connectivity index (χ2v) is 3.29. The van der Waals surface area contributed by atoms with Gasteiger partial charge in [-0.2, -0.15) is 0 Å². The van der Waals surface area contributed by atoms with Gasteiger partial charge in [-0.1, -0.05) is 36.4 Å². The van der Waals surface area contributed by atoms with E-state index in [2.05, 4.69) is 49.5 Å². The van der Waals surface area contributed by atoms with Crippen LogP contribution in [0.1, 0.15) is 19.4 Å². The molecule has 0 fully saturated rings. The van der Waals surface area contributed by atoms with Crippen molar-refractivity contribution in [2.45, 2.75) is 19.9 Å². The van der Waals surface area contributed by atoms with Crippen molar-refractivity contribution in [2.24, 2.45) is 0 Å². The lowest BCUT2D eigenvalue weighted by molar-refractivity contribution is 0.730. The molecule has 0 heterocycles. The maximum atomic E-state index is 3.19. The van der Waals surface area contributed by atoms with E-state index in [1.165, 1.54) is 11.1 Å². The highest BCUT2D eigenvalue weighted by Gasteiger charge is 1.96. The Morgan fingerprint density at radius 2 is 1.92 bits per heavy atom. The van der Waals surface area contributed by atoms with E-state index < -0.39 is 0 Å². The van der Waals surface area contributed by atoms with E-state index in [1.807, 2.05) is 13.1 Å². The van der Waals surface area contributed by atoms with E-state index in [1.54, 1.807) is 0 Å². The number of nitrogens with one attached hydrogen (secondary N) is 1. The van der Waals surface area contributed by atoms with Crippen molar-refractivity contribution < 1.29 is 0 Å². The molecule has 1 aromatic rings. The second kappa shape index (κ2) is 4.83. The molecule has 0 amide bonds. The molecule has 1 nitrogen and oxygen atoms in total. The van der Waals surface area contributed by atoms with Gasteiger partial charge in [0.05, 0.1) is 0 Å². The molecule has 13 heavy (non-hydrogen) atoms. The summed E-state index contributed by atoms with van der Waals surface area (Å²) in [7, 11) is 1.97. The van der Waals surface area contributed by atoms with Gasteiger partial charge in [0, 0.05) is 6.04 Å². The first-order valence-electron chi connectivity index (χ1n) is 4.65. The molecule has 0 spiro atoms. The van der Waals surface area contributed by atoms with Gasteiger partial charge in [-0.05, 0) is 32.0 Å².